The Labute approximate surface area is 130 Å². The van der Waals surface area contributed by atoms with Gasteiger partial charge in [0, 0.05) is 12.1 Å². The van der Waals surface area contributed by atoms with Gasteiger partial charge in [-0.3, -0.25) is 0 Å². The Bertz CT molecular complexity index is 771. The number of hydrogen-bond acceptors (Lipinski definition) is 3. The molecular weight excluding hydrogens is 304 g/mol. The van der Waals surface area contributed by atoms with Gasteiger partial charge in [0.25, 0.3) is 0 Å². The average molecular weight is 320 g/mol. The number of rotatable bonds is 5. The summed E-state index contributed by atoms with van der Waals surface area (Å²) in [7, 11) is -3.67. The van der Waals surface area contributed by atoms with Crippen LogP contribution in [-0.4, -0.2) is 13.4 Å². The van der Waals surface area contributed by atoms with E-state index in [1.807, 2.05) is 31.2 Å². The zero-order chi connectivity index (χ0) is 15.5. The molecule has 0 aliphatic heterocycles. The van der Waals surface area contributed by atoms with Gasteiger partial charge in [0.1, 0.15) is 4.99 Å². The van der Waals surface area contributed by atoms with Gasteiger partial charge in [0.05, 0.1) is 4.90 Å². The van der Waals surface area contributed by atoms with Gasteiger partial charge in [-0.05, 0) is 24.1 Å². The molecule has 0 heterocycles. The number of aryl methyl sites for hydroxylation is 1. The van der Waals surface area contributed by atoms with Gasteiger partial charge in [-0.15, -0.1) is 0 Å². The summed E-state index contributed by atoms with van der Waals surface area (Å²) in [5.41, 5.74) is 7.89. The highest BCUT2D eigenvalue weighted by molar-refractivity contribution is 7.89. The van der Waals surface area contributed by atoms with Crippen molar-refractivity contribution < 1.29 is 8.42 Å². The Morgan fingerprint density at radius 1 is 1.14 bits per heavy atom. The number of benzene rings is 2. The van der Waals surface area contributed by atoms with E-state index in [9.17, 15) is 8.42 Å². The van der Waals surface area contributed by atoms with Crippen molar-refractivity contribution in [3.8, 4) is 0 Å². The highest BCUT2D eigenvalue weighted by Gasteiger charge is 2.19. The van der Waals surface area contributed by atoms with Crippen LogP contribution in [0, 0.1) is 6.92 Å². The minimum absolute atomic E-state index is 0.0619. The lowest BCUT2D eigenvalue weighted by atomic mass is 10.1. The van der Waals surface area contributed by atoms with Crippen LogP contribution >= 0.6 is 12.2 Å². The fourth-order valence-electron chi connectivity index (χ4n) is 1.96. The largest absolute Gasteiger partial charge is 0.389 e. The molecule has 110 valence electrons. The first-order chi connectivity index (χ1) is 9.92. The van der Waals surface area contributed by atoms with Crippen LogP contribution in [0.4, 0.5) is 0 Å². The SMILES string of the molecule is Cc1ccccc1CNS(=O)(=O)c1ccccc1C(N)=S. The van der Waals surface area contributed by atoms with Crippen LogP contribution in [-0.2, 0) is 16.6 Å². The van der Waals surface area contributed by atoms with Crippen LogP contribution in [0.5, 0.6) is 0 Å². The molecule has 0 amide bonds. The lowest BCUT2D eigenvalue weighted by molar-refractivity contribution is 0.581. The number of nitrogens with one attached hydrogen (secondary N) is 1. The summed E-state index contributed by atoms with van der Waals surface area (Å²) in [6.07, 6.45) is 0. The summed E-state index contributed by atoms with van der Waals surface area (Å²) in [6.45, 7) is 2.16. The second-order valence-corrected chi connectivity index (χ2v) is 6.79. The monoisotopic (exact) mass is 320 g/mol. The molecule has 6 heteroatoms. The van der Waals surface area contributed by atoms with Gasteiger partial charge in [-0.2, -0.15) is 0 Å². The van der Waals surface area contributed by atoms with Crippen LogP contribution < -0.4 is 10.5 Å². The normalized spacial score (nSPS) is 11.3. The minimum atomic E-state index is -3.67. The number of thiocarbonyl (C=S) groups is 1. The molecule has 0 radical (unpaired) electrons. The standard InChI is InChI=1S/C15H16N2O2S2/c1-11-6-2-3-7-12(11)10-17-21(18,19)14-9-5-4-8-13(14)15(16)20/h2-9,17H,10H2,1H3,(H2,16,20). The van der Waals surface area contributed by atoms with Crippen molar-refractivity contribution in [2.24, 2.45) is 5.73 Å². The molecule has 0 aliphatic rings. The second-order valence-electron chi connectivity index (χ2n) is 4.61. The van der Waals surface area contributed by atoms with Gasteiger partial charge in [-0.25, -0.2) is 13.1 Å². The summed E-state index contributed by atoms with van der Waals surface area (Å²) in [4.78, 5) is 0.165. The van der Waals surface area contributed by atoms with E-state index in [1.54, 1.807) is 18.2 Å². The Morgan fingerprint density at radius 3 is 2.43 bits per heavy atom. The first-order valence-corrected chi connectivity index (χ1v) is 8.24. The van der Waals surface area contributed by atoms with E-state index in [4.69, 9.17) is 18.0 Å². The quantitative estimate of drug-likeness (QED) is 0.828. The Balaban J connectivity index is 2.28. The second kappa shape index (κ2) is 6.34. The Morgan fingerprint density at radius 2 is 1.76 bits per heavy atom. The third-order valence-electron chi connectivity index (χ3n) is 3.16. The molecule has 0 fully saturated rings. The lowest BCUT2D eigenvalue weighted by Gasteiger charge is -2.11. The summed E-state index contributed by atoms with van der Waals surface area (Å²) in [5.74, 6) is 0. The first kappa shape index (κ1) is 15.6. The maximum Gasteiger partial charge on any atom is 0.241 e. The van der Waals surface area contributed by atoms with Gasteiger partial charge in [0.15, 0.2) is 0 Å². The van der Waals surface area contributed by atoms with E-state index in [2.05, 4.69) is 4.72 Å². The lowest BCUT2D eigenvalue weighted by Crippen LogP contribution is -2.26. The third-order valence-corrected chi connectivity index (χ3v) is 4.84. The van der Waals surface area contributed by atoms with Crippen LogP contribution in [0.15, 0.2) is 53.4 Å². The van der Waals surface area contributed by atoms with Gasteiger partial charge < -0.3 is 5.73 Å². The smallest absolute Gasteiger partial charge is 0.241 e. The third kappa shape index (κ3) is 3.66. The topological polar surface area (TPSA) is 72.2 Å². The van der Waals surface area contributed by atoms with Gasteiger partial charge in [0.2, 0.25) is 10.0 Å². The molecule has 4 nitrogen and oxygen atoms in total. The molecule has 2 aromatic rings. The molecular formula is C15H16N2O2S2. The molecule has 2 aromatic carbocycles. The van der Waals surface area contributed by atoms with E-state index < -0.39 is 10.0 Å². The van der Waals surface area contributed by atoms with Crippen LogP contribution in [0.25, 0.3) is 0 Å². The molecule has 0 bridgehead atoms. The van der Waals surface area contributed by atoms with Crippen molar-refractivity contribution in [1.82, 2.24) is 4.72 Å². The molecule has 3 N–H and O–H groups in total. The zero-order valence-corrected chi connectivity index (χ0v) is 13.2. The molecule has 0 saturated heterocycles. The molecule has 2 rings (SSSR count). The fourth-order valence-corrected chi connectivity index (χ4v) is 3.43. The van der Waals surface area contributed by atoms with Gasteiger partial charge >= 0.3 is 0 Å². The van der Waals surface area contributed by atoms with Crippen LogP contribution in [0.3, 0.4) is 0 Å². The predicted molar refractivity (Wildman–Crippen MR) is 87.5 cm³/mol. The van der Waals surface area contributed by atoms with Crippen molar-refractivity contribution in [2.45, 2.75) is 18.4 Å². The number of sulfonamides is 1. The summed E-state index contributed by atoms with van der Waals surface area (Å²) < 4.78 is 27.4. The van der Waals surface area contributed by atoms with Crippen LogP contribution in [0.2, 0.25) is 0 Å². The molecule has 0 aromatic heterocycles. The molecule has 0 atom stereocenters. The number of nitrogens with two attached hydrogens (primary N) is 1. The molecule has 0 spiro atoms. The van der Waals surface area contributed by atoms with E-state index in [0.29, 0.717) is 5.56 Å². The van der Waals surface area contributed by atoms with E-state index in [0.717, 1.165) is 11.1 Å². The molecule has 0 unspecified atom stereocenters. The fraction of sp³-hybridized carbons (Fsp3) is 0.133. The van der Waals surface area contributed by atoms with Crippen molar-refractivity contribution in [1.29, 1.82) is 0 Å². The zero-order valence-electron chi connectivity index (χ0n) is 11.5. The summed E-state index contributed by atoms with van der Waals surface area (Å²) in [6, 6.07) is 14.1. The molecule has 21 heavy (non-hydrogen) atoms. The minimum Gasteiger partial charge on any atom is -0.389 e. The maximum absolute atomic E-state index is 12.4. The molecule has 0 saturated carbocycles. The summed E-state index contributed by atoms with van der Waals surface area (Å²) >= 11 is 4.90. The van der Waals surface area contributed by atoms with Crippen LogP contribution in [0.1, 0.15) is 16.7 Å². The predicted octanol–water partition coefficient (Wildman–Crippen LogP) is 2.11. The Kier molecular flexibility index (Phi) is 4.72. The number of hydrogen-bond donors (Lipinski definition) is 2. The van der Waals surface area contributed by atoms with Crippen molar-refractivity contribution in [2.75, 3.05) is 0 Å². The highest BCUT2D eigenvalue weighted by atomic mass is 32.2. The van der Waals surface area contributed by atoms with Crippen molar-refractivity contribution in [3.05, 3.63) is 65.2 Å². The first-order valence-electron chi connectivity index (χ1n) is 6.35. The molecule has 0 aliphatic carbocycles. The Hall–Kier alpha value is -1.76. The van der Waals surface area contributed by atoms with Crippen molar-refractivity contribution >= 4 is 27.2 Å². The van der Waals surface area contributed by atoms with E-state index >= 15 is 0 Å². The van der Waals surface area contributed by atoms with Crippen molar-refractivity contribution in [3.63, 3.8) is 0 Å². The van der Waals surface area contributed by atoms with Gasteiger partial charge in [-0.1, -0.05) is 54.7 Å². The maximum atomic E-state index is 12.4. The summed E-state index contributed by atoms with van der Waals surface area (Å²) in [5, 5.41) is 0. The van der Waals surface area contributed by atoms with E-state index in [1.165, 1.54) is 6.07 Å². The average Bonchev–Trinajstić information content (AvgIpc) is 2.46. The van der Waals surface area contributed by atoms with E-state index in [-0.39, 0.29) is 16.4 Å². The highest BCUT2D eigenvalue weighted by Crippen LogP contribution is 2.16.